The third kappa shape index (κ3) is 2.24. The van der Waals surface area contributed by atoms with Crippen molar-refractivity contribution in [2.75, 3.05) is 0 Å². The van der Waals surface area contributed by atoms with Gasteiger partial charge in [-0.05, 0) is 50.3 Å². The minimum atomic E-state index is 0.0111. The molecule has 2 N–H and O–H groups in total. The molecule has 1 atom stereocenters. The highest BCUT2D eigenvalue weighted by Crippen LogP contribution is 2.30. The van der Waals surface area contributed by atoms with Crippen LogP contribution in [-0.2, 0) is 17.6 Å². The van der Waals surface area contributed by atoms with Crippen LogP contribution in [0.5, 0.6) is 0 Å². The summed E-state index contributed by atoms with van der Waals surface area (Å²) in [4.78, 5) is 15.2. The molecule has 3 nitrogen and oxygen atoms in total. The minimum absolute atomic E-state index is 0.0111. The first kappa shape index (κ1) is 13.0. The van der Waals surface area contributed by atoms with Gasteiger partial charge in [0.05, 0.1) is 0 Å². The molecular weight excluding hydrogens is 248 g/mol. The molecule has 1 heterocycles. The Balaban J connectivity index is 1.89. The van der Waals surface area contributed by atoms with Gasteiger partial charge in [0.2, 0.25) is 5.91 Å². The van der Waals surface area contributed by atoms with Gasteiger partial charge in [0.15, 0.2) is 0 Å². The average molecular weight is 268 g/mol. The highest BCUT2D eigenvalue weighted by molar-refractivity contribution is 5.89. The zero-order valence-electron chi connectivity index (χ0n) is 12.0. The molecule has 0 radical (unpaired) electrons. The van der Waals surface area contributed by atoms with E-state index in [4.69, 9.17) is 0 Å². The lowest BCUT2D eigenvalue weighted by atomic mass is 9.91. The van der Waals surface area contributed by atoms with Gasteiger partial charge < -0.3 is 10.3 Å². The van der Waals surface area contributed by atoms with E-state index in [1.54, 1.807) is 12.2 Å². The second kappa shape index (κ2) is 5.16. The van der Waals surface area contributed by atoms with Crippen LogP contribution in [0.25, 0.3) is 10.9 Å². The first-order chi connectivity index (χ1) is 9.69. The summed E-state index contributed by atoms with van der Waals surface area (Å²) in [7, 11) is 0. The first-order valence-corrected chi connectivity index (χ1v) is 7.21. The van der Waals surface area contributed by atoms with Crippen LogP contribution in [0.15, 0.2) is 30.4 Å². The molecule has 2 aromatic rings. The number of nitrogens with one attached hydrogen (secondary N) is 2. The Morgan fingerprint density at radius 1 is 1.45 bits per heavy atom. The number of hydrogen-bond donors (Lipinski definition) is 2. The Bertz CT molecular complexity index is 682. The van der Waals surface area contributed by atoms with Gasteiger partial charge in [0.25, 0.3) is 0 Å². The highest BCUT2D eigenvalue weighted by Gasteiger charge is 2.23. The maximum absolute atomic E-state index is 11.7. The van der Waals surface area contributed by atoms with Crippen LogP contribution >= 0.6 is 0 Å². The van der Waals surface area contributed by atoms with Crippen molar-refractivity contribution < 1.29 is 4.79 Å². The Labute approximate surface area is 119 Å². The van der Waals surface area contributed by atoms with Crippen molar-refractivity contribution in [3.63, 3.8) is 0 Å². The fraction of sp³-hybridized carbons (Fsp3) is 0.353. The van der Waals surface area contributed by atoms with E-state index in [1.807, 2.05) is 6.92 Å². The quantitative estimate of drug-likeness (QED) is 0.808. The summed E-state index contributed by atoms with van der Waals surface area (Å²) in [6.45, 7) is 4.00. The van der Waals surface area contributed by atoms with Crippen molar-refractivity contribution in [3.8, 4) is 0 Å². The van der Waals surface area contributed by atoms with Crippen LogP contribution in [0.2, 0.25) is 0 Å². The standard InChI is InChI=1S/C17H20N2O/c1-3-5-16(20)18-12-8-9-15-14(10-12)13-7-4-6-11(2)17(13)19-15/h3-7,12,19H,8-10H2,1-2H3,(H,18,20)/b5-3+. The van der Waals surface area contributed by atoms with E-state index in [0.29, 0.717) is 0 Å². The highest BCUT2D eigenvalue weighted by atomic mass is 16.1. The molecule has 0 spiro atoms. The van der Waals surface area contributed by atoms with E-state index in [1.165, 1.54) is 27.7 Å². The van der Waals surface area contributed by atoms with Crippen LogP contribution in [0.4, 0.5) is 0 Å². The monoisotopic (exact) mass is 268 g/mol. The number of rotatable bonds is 2. The number of allylic oxidation sites excluding steroid dienone is 1. The number of hydrogen-bond acceptors (Lipinski definition) is 1. The molecule has 1 aromatic carbocycles. The molecule has 0 fully saturated rings. The maximum atomic E-state index is 11.7. The van der Waals surface area contributed by atoms with Crippen molar-refractivity contribution in [1.29, 1.82) is 0 Å². The molecule has 1 unspecified atom stereocenters. The molecule has 1 aromatic heterocycles. The van der Waals surface area contributed by atoms with E-state index in [-0.39, 0.29) is 11.9 Å². The fourth-order valence-corrected chi connectivity index (χ4v) is 3.11. The maximum Gasteiger partial charge on any atom is 0.243 e. The number of benzene rings is 1. The summed E-state index contributed by atoms with van der Waals surface area (Å²) in [5.74, 6) is 0.0111. The SMILES string of the molecule is C/C=C/C(=O)NC1CCc2[nH]c3c(C)cccc3c2C1. The summed E-state index contributed by atoms with van der Waals surface area (Å²) < 4.78 is 0. The molecule has 0 bridgehead atoms. The van der Waals surface area contributed by atoms with Crippen molar-refractivity contribution >= 4 is 16.8 Å². The lowest BCUT2D eigenvalue weighted by Gasteiger charge is -2.23. The molecule has 0 saturated carbocycles. The zero-order valence-corrected chi connectivity index (χ0v) is 12.0. The number of carbonyl (C=O) groups excluding carboxylic acids is 1. The number of para-hydroxylation sites is 1. The van der Waals surface area contributed by atoms with E-state index in [9.17, 15) is 4.79 Å². The van der Waals surface area contributed by atoms with Crippen LogP contribution in [0, 0.1) is 6.92 Å². The molecule has 0 aliphatic heterocycles. The first-order valence-electron chi connectivity index (χ1n) is 7.21. The number of carbonyl (C=O) groups is 1. The lowest BCUT2D eigenvalue weighted by Crippen LogP contribution is -2.37. The Kier molecular flexibility index (Phi) is 3.35. The number of amides is 1. The minimum Gasteiger partial charge on any atom is -0.358 e. The zero-order chi connectivity index (χ0) is 14.1. The van der Waals surface area contributed by atoms with Crippen molar-refractivity contribution in [2.24, 2.45) is 0 Å². The van der Waals surface area contributed by atoms with Crippen molar-refractivity contribution in [3.05, 3.63) is 47.2 Å². The molecule has 1 aliphatic rings. The summed E-state index contributed by atoms with van der Waals surface area (Å²) >= 11 is 0. The lowest BCUT2D eigenvalue weighted by molar-refractivity contribution is -0.117. The van der Waals surface area contributed by atoms with Crippen LogP contribution in [0.1, 0.15) is 30.2 Å². The van der Waals surface area contributed by atoms with Crippen molar-refractivity contribution in [2.45, 2.75) is 39.2 Å². The molecule has 3 heteroatoms. The van der Waals surface area contributed by atoms with E-state index >= 15 is 0 Å². The second-order valence-electron chi connectivity index (χ2n) is 5.53. The van der Waals surface area contributed by atoms with Crippen LogP contribution in [-0.4, -0.2) is 16.9 Å². The summed E-state index contributed by atoms with van der Waals surface area (Å²) in [5, 5.41) is 4.40. The second-order valence-corrected chi connectivity index (χ2v) is 5.53. The Morgan fingerprint density at radius 2 is 2.30 bits per heavy atom. The molecule has 104 valence electrons. The number of fused-ring (bicyclic) bond motifs is 3. The molecule has 3 rings (SSSR count). The smallest absolute Gasteiger partial charge is 0.243 e. The summed E-state index contributed by atoms with van der Waals surface area (Å²) in [5.41, 5.74) is 5.25. The Morgan fingerprint density at radius 3 is 3.10 bits per heavy atom. The topological polar surface area (TPSA) is 44.9 Å². The third-order valence-electron chi connectivity index (χ3n) is 4.10. The van der Waals surface area contributed by atoms with Gasteiger partial charge in [-0.2, -0.15) is 0 Å². The molecule has 0 saturated heterocycles. The molecular formula is C17H20N2O. The predicted molar refractivity (Wildman–Crippen MR) is 81.8 cm³/mol. The molecule has 1 aliphatic carbocycles. The fourth-order valence-electron chi connectivity index (χ4n) is 3.11. The molecule has 1 amide bonds. The van der Waals surface area contributed by atoms with Gasteiger partial charge in [0.1, 0.15) is 0 Å². The Hall–Kier alpha value is -2.03. The van der Waals surface area contributed by atoms with Gasteiger partial charge in [-0.15, -0.1) is 0 Å². The van der Waals surface area contributed by atoms with Gasteiger partial charge in [-0.25, -0.2) is 0 Å². The normalized spacial score (nSPS) is 18.4. The predicted octanol–water partition coefficient (Wildman–Crippen LogP) is 3.03. The van der Waals surface area contributed by atoms with E-state index in [2.05, 4.69) is 35.4 Å². The van der Waals surface area contributed by atoms with E-state index in [0.717, 1.165) is 19.3 Å². The van der Waals surface area contributed by atoms with Gasteiger partial charge >= 0.3 is 0 Å². The van der Waals surface area contributed by atoms with E-state index < -0.39 is 0 Å². The van der Waals surface area contributed by atoms with Gasteiger partial charge in [-0.3, -0.25) is 4.79 Å². The average Bonchev–Trinajstić information content (AvgIpc) is 2.79. The number of aromatic nitrogens is 1. The number of H-pyrrole nitrogens is 1. The van der Waals surface area contributed by atoms with Crippen molar-refractivity contribution in [1.82, 2.24) is 10.3 Å². The summed E-state index contributed by atoms with van der Waals surface area (Å²) in [6, 6.07) is 6.66. The molecule has 20 heavy (non-hydrogen) atoms. The third-order valence-corrected chi connectivity index (χ3v) is 4.10. The number of aromatic amines is 1. The number of aryl methyl sites for hydroxylation is 2. The largest absolute Gasteiger partial charge is 0.358 e. The van der Waals surface area contributed by atoms with Gasteiger partial charge in [-0.1, -0.05) is 24.3 Å². The van der Waals surface area contributed by atoms with Gasteiger partial charge in [0, 0.05) is 22.6 Å². The van der Waals surface area contributed by atoms with Crippen LogP contribution < -0.4 is 5.32 Å². The summed E-state index contributed by atoms with van der Waals surface area (Å²) in [6.07, 6.45) is 6.29. The van der Waals surface area contributed by atoms with Crippen LogP contribution in [0.3, 0.4) is 0 Å².